The number of benzene rings is 4. The lowest BCUT2D eigenvalue weighted by Crippen LogP contribution is -2.37. The predicted molar refractivity (Wildman–Crippen MR) is 224 cm³/mol. The summed E-state index contributed by atoms with van der Waals surface area (Å²) in [5, 5.41) is 11.1. The van der Waals surface area contributed by atoms with Crippen LogP contribution in [0.5, 0.6) is 0 Å². The predicted octanol–water partition coefficient (Wildman–Crippen LogP) is 8.09. The first-order valence-electron chi connectivity index (χ1n) is 19.6. The summed E-state index contributed by atoms with van der Waals surface area (Å²) in [6, 6.07) is 22.1. The summed E-state index contributed by atoms with van der Waals surface area (Å²) in [7, 11) is 3.23. The van der Waals surface area contributed by atoms with Crippen molar-refractivity contribution in [3.63, 3.8) is 0 Å². The molecule has 0 radical (unpaired) electrons. The molecule has 4 heterocycles. The van der Waals surface area contributed by atoms with Gasteiger partial charge in [0, 0.05) is 91.8 Å². The van der Waals surface area contributed by atoms with Crippen LogP contribution in [0.3, 0.4) is 0 Å². The number of halogens is 6. The first-order chi connectivity index (χ1) is 29.5. The number of hydrogen-bond acceptors (Lipinski definition) is 9. The van der Waals surface area contributed by atoms with Crippen molar-refractivity contribution in [2.24, 2.45) is 0 Å². The lowest BCUT2D eigenvalue weighted by molar-refractivity contribution is -0.137. The average Bonchev–Trinajstić information content (AvgIpc) is 4.05. The van der Waals surface area contributed by atoms with E-state index in [4.69, 9.17) is 9.47 Å². The van der Waals surface area contributed by atoms with Crippen molar-refractivity contribution in [3.05, 3.63) is 120 Å². The minimum atomic E-state index is -4.55. The zero-order valence-corrected chi connectivity index (χ0v) is 33.8. The second kappa shape index (κ2) is 17.8. The molecule has 4 aliphatic heterocycles. The van der Waals surface area contributed by atoms with Gasteiger partial charge in [0.05, 0.1) is 48.1 Å². The van der Waals surface area contributed by atoms with Crippen LogP contribution < -0.4 is 31.1 Å². The van der Waals surface area contributed by atoms with Gasteiger partial charge in [0.15, 0.2) is 6.29 Å². The van der Waals surface area contributed by atoms with Crippen molar-refractivity contribution >= 4 is 63.0 Å². The highest BCUT2D eigenvalue weighted by atomic mass is 19.4. The van der Waals surface area contributed by atoms with Gasteiger partial charge in [-0.3, -0.25) is 14.4 Å². The molecule has 12 nitrogen and oxygen atoms in total. The van der Waals surface area contributed by atoms with E-state index in [1.165, 1.54) is 42.4 Å². The van der Waals surface area contributed by atoms with Crippen LogP contribution in [0.15, 0.2) is 97.3 Å². The monoisotopic (exact) mass is 863 g/mol. The van der Waals surface area contributed by atoms with E-state index in [0.29, 0.717) is 66.4 Å². The van der Waals surface area contributed by atoms with Crippen molar-refractivity contribution < 1.29 is 50.2 Å². The third-order valence-corrected chi connectivity index (χ3v) is 10.9. The zero-order valence-electron chi connectivity index (χ0n) is 33.8. The second-order valence-electron chi connectivity index (χ2n) is 14.9. The minimum absolute atomic E-state index is 0.0174. The number of amides is 3. The van der Waals surface area contributed by atoms with E-state index in [1.807, 2.05) is 0 Å². The fourth-order valence-corrected chi connectivity index (χ4v) is 7.56. The van der Waals surface area contributed by atoms with E-state index < -0.39 is 29.8 Å². The van der Waals surface area contributed by atoms with Gasteiger partial charge in [-0.1, -0.05) is 36.4 Å². The molecule has 4 aliphatic rings. The Morgan fingerprint density at radius 3 is 1.82 bits per heavy atom. The molecule has 0 spiro atoms. The summed E-state index contributed by atoms with van der Waals surface area (Å²) in [5.41, 5.74) is 2.42. The lowest BCUT2D eigenvalue weighted by Gasteiger charge is -2.26. The highest BCUT2D eigenvalue weighted by Crippen LogP contribution is 2.41. The van der Waals surface area contributed by atoms with E-state index in [-0.39, 0.29) is 53.1 Å². The van der Waals surface area contributed by atoms with Crippen molar-refractivity contribution in [2.75, 3.05) is 78.0 Å². The molecule has 4 aromatic carbocycles. The quantitative estimate of drug-likeness (QED) is 0.0976. The Hall–Kier alpha value is -6.53. The van der Waals surface area contributed by atoms with Crippen LogP contribution in [0.25, 0.3) is 11.1 Å². The minimum Gasteiger partial charge on any atom is -0.369 e. The van der Waals surface area contributed by atoms with Crippen LogP contribution in [-0.2, 0) is 36.2 Å². The largest absolute Gasteiger partial charge is 0.418 e. The highest BCUT2D eigenvalue weighted by Gasteiger charge is 2.38. The van der Waals surface area contributed by atoms with Crippen molar-refractivity contribution in [3.8, 4) is 0 Å². The van der Waals surface area contributed by atoms with Gasteiger partial charge >= 0.3 is 12.4 Å². The van der Waals surface area contributed by atoms with Crippen LogP contribution >= 0.6 is 0 Å². The smallest absolute Gasteiger partial charge is 0.369 e. The Balaban J connectivity index is 0.000000187. The third-order valence-electron chi connectivity index (χ3n) is 10.9. The van der Waals surface area contributed by atoms with Crippen molar-refractivity contribution in [1.82, 2.24) is 4.90 Å². The molecule has 3 amide bonds. The van der Waals surface area contributed by atoms with Gasteiger partial charge in [0.25, 0.3) is 11.8 Å². The highest BCUT2D eigenvalue weighted by molar-refractivity contribution is 6.32. The number of nitrogens with zero attached hydrogens (tertiary/aromatic N) is 3. The Morgan fingerprint density at radius 2 is 1.29 bits per heavy atom. The van der Waals surface area contributed by atoms with E-state index >= 15 is 0 Å². The summed E-state index contributed by atoms with van der Waals surface area (Å²) in [4.78, 5) is 40.7. The van der Waals surface area contributed by atoms with Gasteiger partial charge in [-0.2, -0.15) is 26.3 Å². The Kier molecular flexibility index (Phi) is 12.5. The maximum Gasteiger partial charge on any atom is 0.418 e. The SMILES string of the molecule is CC(=O)N(C)C1CCN(c2ccc(NC=C3C(=O)Nc4ccccc43)cc2C(F)(F)F)C1.CN(CC1OCCO1)c1ccc(NC=C2C(=O)Nc3ccccc32)cc1C(F)(F)F. The molecule has 1 unspecified atom stereocenters. The number of anilines is 6. The molecule has 0 aromatic heterocycles. The van der Waals surface area contributed by atoms with Crippen LogP contribution in [0.1, 0.15) is 35.6 Å². The molecule has 0 saturated carbocycles. The number of alkyl halides is 6. The molecular formula is C44H43F6N7O5. The van der Waals surface area contributed by atoms with Gasteiger partial charge in [0.2, 0.25) is 5.91 Å². The Morgan fingerprint density at radius 1 is 0.774 bits per heavy atom. The van der Waals surface area contributed by atoms with Crippen molar-refractivity contribution in [1.29, 1.82) is 0 Å². The van der Waals surface area contributed by atoms with Crippen LogP contribution in [-0.4, -0.2) is 81.9 Å². The van der Waals surface area contributed by atoms with Crippen LogP contribution in [0.4, 0.5) is 60.5 Å². The molecular weight excluding hydrogens is 821 g/mol. The molecule has 18 heteroatoms. The number of likely N-dealkylation sites (N-methyl/N-ethyl adjacent to an activating group) is 2. The molecule has 4 N–H and O–H groups in total. The number of ether oxygens (including phenoxy) is 2. The average molecular weight is 864 g/mol. The molecule has 8 rings (SSSR count). The summed E-state index contributed by atoms with van der Waals surface area (Å²) in [5.74, 6) is -0.741. The summed E-state index contributed by atoms with van der Waals surface area (Å²) >= 11 is 0. The molecule has 0 bridgehead atoms. The van der Waals surface area contributed by atoms with Crippen molar-refractivity contribution in [2.45, 2.75) is 38.0 Å². The maximum absolute atomic E-state index is 13.9. The first kappa shape index (κ1) is 43.6. The summed E-state index contributed by atoms with van der Waals surface area (Å²) in [6.07, 6.45) is -6.22. The number of rotatable bonds is 9. The topological polar surface area (TPSA) is 128 Å². The normalized spacial score (nSPS) is 18.5. The standard InChI is InChI=1S/C23H23F3N4O2.C21H20F3N3O3/c1-14(31)29(2)16-9-10-30(13-16)21-8-7-15(11-19(21)23(24,25)26)27-12-18-17-5-3-4-6-20(17)28-22(18)32;1-27(12-19-29-8-9-30-19)18-7-6-13(10-16(18)21(22,23)24)25-11-15-14-4-2-3-5-17(14)26-20(15)28/h3-8,11-12,16,27H,9-10,13H2,1-2H3,(H,28,32);2-7,10-11,19,25H,8-9,12H2,1H3,(H,26,28). The number of hydrogen-bond donors (Lipinski definition) is 4. The number of para-hydroxylation sites is 2. The summed E-state index contributed by atoms with van der Waals surface area (Å²) < 4.78 is 93.4. The Bertz CT molecular complexity index is 2410. The zero-order chi connectivity index (χ0) is 44.3. The van der Waals surface area contributed by atoms with E-state index in [0.717, 1.165) is 12.1 Å². The van der Waals surface area contributed by atoms with E-state index in [2.05, 4.69) is 21.3 Å². The molecule has 0 aliphatic carbocycles. The first-order valence-corrected chi connectivity index (χ1v) is 19.6. The number of carbonyl (C=O) groups is 3. The van der Waals surface area contributed by atoms with Gasteiger partial charge in [-0.15, -0.1) is 0 Å². The molecule has 326 valence electrons. The molecule has 2 fully saturated rings. The number of fused-ring (bicyclic) bond motifs is 2. The molecule has 62 heavy (non-hydrogen) atoms. The Labute approximate surface area is 353 Å². The second-order valence-corrected chi connectivity index (χ2v) is 14.9. The third kappa shape index (κ3) is 9.66. The van der Waals surface area contributed by atoms with E-state index in [1.54, 1.807) is 78.5 Å². The van der Waals surface area contributed by atoms with Gasteiger partial charge in [0.1, 0.15) is 0 Å². The maximum atomic E-state index is 13.9. The lowest BCUT2D eigenvalue weighted by atomic mass is 10.1. The summed E-state index contributed by atoms with van der Waals surface area (Å²) in [6.45, 7) is 3.25. The molecule has 4 aromatic rings. The van der Waals surface area contributed by atoms with Crippen LogP contribution in [0, 0.1) is 0 Å². The number of nitrogens with one attached hydrogen (secondary N) is 4. The van der Waals surface area contributed by atoms with E-state index in [9.17, 15) is 40.7 Å². The van der Waals surface area contributed by atoms with Gasteiger partial charge < -0.3 is 45.4 Å². The van der Waals surface area contributed by atoms with Gasteiger partial charge in [-0.25, -0.2) is 0 Å². The fraction of sp³-hybridized carbons (Fsp3) is 0.295. The number of carbonyl (C=O) groups excluding carboxylic acids is 3. The van der Waals surface area contributed by atoms with Gasteiger partial charge in [-0.05, 0) is 55.0 Å². The molecule has 1 atom stereocenters. The van der Waals surface area contributed by atoms with Crippen LogP contribution in [0.2, 0.25) is 0 Å². The fourth-order valence-electron chi connectivity index (χ4n) is 7.56. The molecule has 2 saturated heterocycles.